The lowest BCUT2D eigenvalue weighted by atomic mass is 9.73. The van der Waals surface area contributed by atoms with Crippen molar-refractivity contribution in [1.29, 1.82) is 0 Å². The summed E-state index contributed by atoms with van der Waals surface area (Å²) in [5, 5.41) is 0. The largest absolute Gasteiger partial charge is 0.381 e. The maximum absolute atomic E-state index is 13.7. The number of nitrogens with two attached hydrogens (primary N) is 1. The summed E-state index contributed by atoms with van der Waals surface area (Å²) < 4.78 is 19.2. The number of hydrogen-bond acceptors (Lipinski definition) is 4. The van der Waals surface area contributed by atoms with Crippen LogP contribution < -0.4 is 5.73 Å². The van der Waals surface area contributed by atoms with Crippen LogP contribution in [-0.4, -0.2) is 23.2 Å². The highest BCUT2D eigenvalue weighted by atomic mass is 19.1. The Morgan fingerprint density at radius 1 is 1.14 bits per heavy atom. The predicted molar refractivity (Wildman–Crippen MR) is 78.4 cm³/mol. The molecule has 2 aromatic rings. The molecule has 5 heteroatoms. The fraction of sp³-hybridized carbons (Fsp3) is 0.375. The van der Waals surface area contributed by atoms with Gasteiger partial charge in [-0.15, -0.1) is 0 Å². The smallest absolute Gasteiger partial charge is 0.186 e. The normalized spacial score (nSPS) is 17.6. The Kier molecular flexibility index (Phi) is 3.59. The minimum atomic E-state index is -0.533. The van der Waals surface area contributed by atoms with Crippen molar-refractivity contribution in [2.45, 2.75) is 25.2 Å². The summed E-state index contributed by atoms with van der Waals surface area (Å²) in [6, 6.07) is 10.1. The summed E-state index contributed by atoms with van der Waals surface area (Å²) >= 11 is 0. The molecule has 0 unspecified atom stereocenters. The highest BCUT2D eigenvalue weighted by molar-refractivity contribution is 5.39. The first-order valence-electron chi connectivity index (χ1n) is 7.07. The molecule has 0 spiro atoms. The predicted octanol–water partition coefficient (Wildman–Crippen LogP) is 2.60. The first-order valence-corrected chi connectivity index (χ1v) is 7.07. The van der Waals surface area contributed by atoms with Crippen molar-refractivity contribution in [3.8, 4) is 0 Å². The third kappa shape index (κ3) is 2.38. The topological polar surface area (TPSA) is 61.0 Å². The molecule has 0 atom stereocenters. The van der Waals surface area contributed by atoms with Crippen LogP contribution in [-0.2, 0) is 10.2 Å². The Morgan fingerprint density at radius 2 is 1.81 bits per heavy atom. The molecule has 21 heavy (non-hydrogen) atoms. The Labute approximate surface area is 123 Å². The van der Waals surface area contributed by atoms with Crippen molar-refractivity contribution in [2.24, 2.45) is 0 Å². The van der Waals surface area contributed by atoms with Gasteiger partial charge in [-0.1, -0.05) is 30.3 Å². The molecule has 110 valence electrons. The van der Waals surface area contributed by atoms with Gasteiger partial charge in [-0.25, -0.2) is 14.4 Å². The average molecular weight is 287 g/mol. The lowest BCUT2D eigenvalue weighted by Crippen LogP contribution is -2.37. The van der Waals surface area contributed by atoms with Gasteiger partial charge < -0.3 is 10.5 Å². The van der Waals surface area contributed by atoms with Gasteiger partial charge >= 0.3 is 0 Å². The van der Waals surface area contributed by atoms with E-state index in [0.29, 0.717) is 24.7 Å². The Bertz CT molecular complexity index is 616. The van der Waals surface area contributed by atoms with Gasteiger partial charge in [0.1, 0.15) is 5.82 Å². The van der Waals surface area contributed by atoms with E-state index in [-0.39, 0.29) is 11.2 Å². The molecule has 0 bridgehead atoms. The van der Waals surface area contributed by atoms with Gasteiger partial charge in [0.25, 0.3) is 0 Å². The van der Waals surface area contributed by atoms with Crippen LogP contribution in [0.5, 0.6) is 0 Å². The Hall–Kier alpha value is -2.01. The summed E-state index contributed by atoms with van der Waals surface area (Å²) in [6.45, 7) is 2.89. The van der Waals surface area contributed by atoms with Gasteiger partial charge in [0.2, 0.25) is 0 Å². The van der Waals surface area contributed by atoms with Gasteiger partial charge in [0, 0.05) is 13.2 Å². The van der Waals surface area contributed by atoms with Crippen molar-refractivity contribution >= 4 is 5.82 Å². The summed E-state index contributed by atoms with van der Waals surface area (Å²) in [7, 11) is 0. The molecular formula is C16H18FN3O. The van der Waals surface area contributed by atoms with Gasteiger partial charge in [-0.05, 0) is 25.3 Å². The molecule has 4 nitrogen and oxygen atoms in total. The van der Waals surface area contributed by atoms with Crippen molar-refractivity contribution in [3.63, 3.8) is 0 Å². The van der Waals surface area contributed by atoms with E-state index in [1.54, 1.807) is 6.92 Å². The van der Waals surface area contributed by atoms with E-state index in [0.717, 1.165) is 18.4 Å². The lowest BCUT2D eigenvalue weighted by molar-refractivity contribution is 0.0604. The molecule has 1 aromatic heterocycles. The second-order valence-corrected chi connectivity index (χ2v) is 5.39. The van der Waals surface area contributed by atoms with Gasteiger partial charge in [-0.3, -0.25) is 0 Å². The number of halogens is 1. The molecule has 0 saturated carbocycles. The maximum Gasteiger partial charge on any atom is 0.186 e. The second-order valence-electron chi connectivity index (χ2n) is 5.39. The zero-order valence-electron chi connectivity index (χ0n) is 12.0. The highest BCUT2D eigenvalue weighted by Gasteiger charge is 2.39. The van der Waals surface area contributed by atoms with E-state index in [1.165, 1.54) is 0 Å². The first kappa shape index (κ1) is 13.9. The molecule has 2 N–H and O–H groups in total. The molecule has 0 aliphatic carbocycles. The summed E-state index contributed by atoms with van der Waals surface area (Å²) in [5.74, 6) is -0.0262. The number of nitrogen functional groups attached to an aromatic ring is 1. The fourth-order valence-electron chi connectivity index (χ4n) is 2.91. The summed E-state index contributed by atoms with van der Waals surface area (Å²) in [4.78, 5) is 8.63. The van der Waals surface area contributed by atoms with Crippen LogP contribution in [0.1, 0.15) is 29.9 Å². The third-order valence-corrected chi connectivity index (χ3v) is 4.14. The number of anilines is 1. The Morgan fingerprint density at radius 3 is 2.43 bits per heavy atom. The number of ether oxygens (including phenoxy) is 1. The average Bonchev–Trinajstić information content (AvgIpc) is 2.53. The number of nitrogens with zero attached hydrogens (tertiary/aromatic N) is 2. The molecule has 1 aliphatic heterocycles. The molecule has 1 fully saturated rings. The van der Waals surface area contributed by atoms with Crippen molar-refractivity contribution < 1.29 is 9.13 Å². The van der Waals surface area contributed by atoms with Crippen LogP contribution in [0.25, 0.3) is 0 Å². The zero-order valence-corrected chi connectivity index (χ0v) is 12.0. The summed E-state index contributed by atoms with van der Waals surface area (Å²) in [6.07, 6.45) is 1.53. The minimum Gasteiger partial charge on any atom is -0.381 e. The zero-order chi connectivity index (χ0) is 14.9. The second kappa shape index (κ2) is 5.41. The third-order valence-electron chi connectivity index (χ3n) is 4.14. The molecule has 0 amide bonds. The molecule has 3 rings (SSSR count). The van der Waals surface area contributed by atoms with E-state index < -0.39 is 5.82 Å². The molecule has 1 aromatic carbocycles. The van der Waals surface area contributed by atoms with Crippen molar-refractivity contribution in [2.75, 3.05) is 18.9 Å². The number of aromatic nitrogens is 2. The number of rotatable bonds is 2. The summed E-state index contributed by atoms with van der Waals surface area (Å²) in [5.41, 5.74) is 6.77. The molecule has 0 radical (unpaired) electrons. The maximum atomic E-state index is 13.7. The monoisotopic (exact) mass is 287 g/mol. The quantitative estimate of drug-likeness (QED) is 0.922. The first-order chi connectivity index (χ1) is 10.1. The number of aryl methyl sites for hydroxylation is 1. The standard InChI is InChI=1S/C16H18FN3O/c1-11-13(17)14(18)20-15(19-11)16(7-9-21-10-8-16)12-5-3-2-4-6-12/h2-6H,7-10H2,1H3,(H2,18,19,20). The minimum absolute atomic E-state index is 0.0840. The van der Waals surface area contributed by atoms with Gasteiger partial charge in [0.15, 0.2) is 11.6 Å². The number of benzene rings is 1. The molecular weight excluding hydrogens is 269 g/mol. The van der Waals surface area contributed by atoms with Crippen LogP contribution in [0.3, 0.4) is 0 Å². The van der Waals surface area contributed by atoms with Crippen LogP contribution >= 0.6 is 0 Å². The van der Waals surface area contributed by atoms with Crippen molar-refractivity contribution in [3.05, 3.63) is 53.2 Å². The van der Waals surface area contributed by atoms with Gasteiger partial charge in [-0.2, -0.15) is 0 Å². The Balaban J connectivity index is 2.17. The highest BCUT2D eigenvalue weighted by Crippen LogP contribution is 2.39. The van der Waals surface area contributed by atoms with E-state index in [2.05, 4.69) is 22.1 Å². The van der Waals surface area contributed by atoms with Crippen LogP contribution in [0.4, 0.5) is 10.2 Å². The molecule has 1 saturated heterocycles. The van der Waals surface area contributed by atoms with E-state index >= 15 is 0 Å². The fourth-order valence-corrected chi connectivity index (χ4v) is 2.91. The van der Waals surface area contributed by atoms with E-state index in [1.807, 2.05) is 18.2 Å². The molecule has 1 aliphatic rings. The van der Waals surface area contributed by atoms with E-state index in [4.69, 9.17) is 10.5 Å². The van der Waals surface area contributed by atoms with E-state index in [9.17, 15) is 4.39 Å². The van der Waals surface area contributed by atoms with Crippen LogP contribution in [0.15, 0.2) is 30.3 Å². The lowest BCUT2D eigenvalue weighted by Gasteiger charge is -2.36. The van der Waals surface area contributed by atoms with Crippen molar-refractivity contribution in [1.82, 2.24) is 9.97 Å². The van der Waals surface area contributed by atoms with Gasteiger partial charge in [0.05, 0.1) is 11.1 Å². The molecule has 2 heterocycles. The van der Waals surface area contributed by atoms with Crippen LogP contribution in [0, 0.1) is 12.7 Å². The number of hydrogen-bond donors (Lipinski definition) is 1. The van der Waals surface area contributed by atoms with Crippen LogP contribution in [0.2, 0.25) is 0 Å². The SMILES string of the molecule is Cc1nc(C2(c3ccccc3)CCOCC2)nc(N)c1F.